The molecule has 2 aromatic heterocycles. The van der Waals surface area contributed by atoms with Crippen LogP contribution in [0.2, 0.25) is 0 Å². The van der Waals surface area contributed by atoms with Gasteiger partial charge in [-0.15, -0.1) is 10.2 Å². The van der Waals surface area contributed by atoms with Crippen molar-refractivity contribution in [2.24, 2.45) is 0 Å². The first-order valence-corrected chi connectivity index (χ1v) is 13.0. The van der Waals surface area contributed by atoms with Gasteiger partial charge >= 0.3 is 0 Å². The van der Waals surface area contributed by atoms with E-state index >= 15 is 0 Å². The van der Waals surface area contributed by atoms with Crippen LogP contribution in [0.25, 0.3) is 11.0 Å². The van der Waals surface area contributed by atoms with Crippen LogP contribution in [0.15, 0.2) is 86.3 Å². The van der Waals surface area contributed by atoms with Crippen LogP contribution in [0.4, 0.5) is 5.13 Å². The highest BCUT2D eigenvalue weighted by Gasteiger charge is 2.45. The minimum Gasteiger partial charge on any atom is -0.508 e. The minimum atomic E-state index is -0.802. The maximum absolute atomic E-state index is 13.6. The molecule has 1 N–H and O–H groups in total. The van der Waals surface area contributed by atoms with Crippen molar-refractivity contribution < 1.29 is 14.3 Å². The molecule has 0 aliphatic carbocycles. The number of phenolic OH excluding ortho intramolecular Hbond substituents is 1. The summed E-state index contributed by atoms with van der Waals surface area (Å²) in [6.45, 7) is 2.05. The minimum absolute atomic E-state index is 0.0175. The zero-order valence-corrected chi connectivity index (χ0v) is 20.7. The summed E-state index contributed by atoms with van der Waals surface area (Å²) >= 11 is 2.81. The number of hydrogen-bond donors (Lipinski definition) is 1. The summed E-state index contributed by atoms with van der Waals surface area (Å²) in [4.78, 5) is 28.6. The number of carbonyl (C=O) groups excluding carboxylic acids is 1. The average Bonchev–Trinajstić information content (AvgIpc) is 3.46. The standard InChI is InChI=1S/C27H19N3O4S2/c1-15-9-11-16(12-10-15)14-35-27-29-28-26(36-27)30-22(17-5-4-6-18(31)13-17)21-23(32)19-7-2-3-8-20(19)34-24(21)25(30)33/h2-13,22,31H,14H2,1H3. The number of carbonyl (C=O) groups is 1. The molecule has 3 aromatic carbocycles. The second-order valence-corrected chi connectivity index (χ2v) is 10.6. The summed E-state index contributed by atoms with van der Waals surface area (Å²) in [5.41, 5.74) is 3.23. The fraction of sp³-hybridized carbons (Fsp3) is 0.111. The molecule has 3 heterocycles. The van der Waals surface area contributed by atoms with E-state index in [9.17, 15) is 14.7 Å². The molecule has 7 nitrogen and oxygen atoms in total. The number of phenols is 1. The Labute approximate surface area is 214 Å². The SMILES string of the molecule is Cc1ccc(CSc2nnc(N3C(=O)c4oc5ccccc5c(=O)c4C3c3cccc(O)c3)s2)cc1. The van der Waals surface area contributed by atoms with Crippen molar-refractivity contribution in [2.75, 3.05) is 4.90 Å². The van der Waals surface area contributed by atoms with E-state index in [4.69, 9.17) is 4.42 Å². The topological polar surface area (TPSA) is 96.5 Å². The van der Waals surface area contributed by atoms with E-state index in [0.29, 0.717) is 31.8 Å². The van der Waals surface area contributed by atoms with Crippen molar-refractivity contribution in [3.8, 4) is 5.75 Å². The summed E-state index contributed by atoms with van der Waals surface area (Å²) in [6, 6.07) is 20.9. The number of rotatable bonds is 5. The number of aromatic hydroxyl groups is 1. The van der Waals surface area contributed by atoms with Gasteiger partial charge in [0.25, 0.3) is 5.91 Å². The Kier molecular flexibility index (Phi) is 5.58. The summed E-state index contributed by atoms with van der Waals surface area (Å²) in [7, 11) is 0. The van der Waals surface area contributed by atoms with Crippen molar-refractivity contribution in [1.29, 1.82) is 0 Å². The van der Waals surface area contributed by atoms with E-state index in [1.807, 2.05) is 6.92 Å². The van der Waals surface area contributed by atoms with E-state index in [2.05, 4.69) is 34.5 Å². The van der Waals surface area contributed by atoms with Crippen LogP contribution >= 0.6 is 23.1 Å². The fourth-order valence-electron chi connectivity index (χ4n) is 4.31. The van der Waals surface area contributed by atoms with Crippen LogP contribution in [0.3, 0.4) is 0 Å². The molecule has 178 valence electrons. The summed E-state index contributed by atoms with van der Waals surface area (Å²) < 4.78 is 6.65. The van der Waals surface area contributed by atoms with E-state index in [0.717, 1.165) is 5.56 Å². The number of thioether (sulfide) groups is 1. The molecule has 6 rings (SSSR count). The van der Waals surface area contributed by atoms with Gasteiger partial charge in [-0.2, -0.15) is 0 Å². The Hall–Kier alpha value is -3.95. The van der Waals surface area contributed by atoms with Gasteiger partial charge in [0, 0.05) is 5.75 Å². The third-order valence-electron chi connectivity index (χ3n) is 6.05. The molecule has 0 spiro atoms. The van der Waals surface area contributed by atoms with Gasteiger partial charge in [-0.1, -0.05) is 77.2 Å². The van der Waals surface area contributed by atoms with Crippen LogP contribution < -0.4 is 10.3 Å². The monoisotopic (exact) mass is 513 g/mol. The number of nitrogens with zero attached hydrogens (tertiary/aromatic N) is 3. The van der Waals surface area contributed by atoms with Gasteiger partial charge in [0.2, 0.25) is 10.9 Å². The fourth-order valence-corrected chi connectivity index (χ4v) is 6.14. The van der Waals surface area contributed by atoms with Gasteiger partial charge < -0.3 is 9.52 Å². The lowest BCUT2D eigenvalue weighted by Gasteiger charge is -2.22. The maximum atomic E-state index is 13.6. The van der Waals surface area contributed by atoms with Crippen LogP contribution in [0.1, 0.15) is 38.9 Å². The second-order valence-electron chi connectivity index (χ2n) is 8.47. The lowest BCUT2D eigenvalue weighted by Crippen LogP contribution is -2.29. The number of aryl methyl sites for hydroxylation is 1. The Balaban J connectivity index is 1.42. The molecule has 1 aliphatic rings. The third kappa shape index (κ3) is 3.86. The first kappa shape index (κ1) is 22.5. The highest BCUT2D eigenvalue weighted by Crippen LogP contribution is 2.43. The average molecular weight is 514 g/mol. The predicted octanol–water partition coefficient (Wildman–Crippen LogP) is 5.70. The van der Waals surface area contributed by atoms with E-state index in [-0.39, 0.29) is 22.5 Å². The van der Waals surface area contributed by atoms with Gasteiger partial charge in [-0.05, 0) is 42.3 Å². The molecule has 0 fully saturated rings. The number of amides is 1. The largest absolute Gasteiger partial charge is 0.508 e. The molecule has 0 saturated carbocycles. The summed E-state index contributed by atoms with van der Waals surface area (Å²) in [5, 5.41) is 19.5. The molecule has 36 heavy (non-hydrogen) atoms. The molecule has 1 aliphatic heterocycles. The molecule has 0 radical (unpaired) electrons. The molecular formula is C27H19N3O4S2. The van der Waals surface area contributed by atoms with Crippen LogP contribution in [-0.4, -0.2) is 21.2 Å². The lowest BCUT2D eigenvalue weighted by molar-refractivity contribution is 0.0970. The summed E-state index contributed by atoms with van der Waals surface area (Å²) in [6.07, 6.45) is 0. The smallest absolute Gasteiger partial charge is 0.297 e. The van der Waals surface area contributed by atoms with Crippen LogP contribution in [0.5, 0.6) is 5.75 Å². The molecule has 5 aromatic rings. The van der Waals surface area contributed by atoms with Gasteiger partial charge in [-0.3, -0.25) is 14.5 Å². The molecular weight excluding hydrogens is 494 g/mol. The van der Waals surface area contributed by atoms with Gasteiger partial charge in [-0.25, -0.2) is 0 Å². The van der Waals surface area contributed by atoms with Gasteiger partial charge in [0.05, 0.1) is 17.0 Å². The zero-order valence-electron chi connectivity index (χ0n) is 19.0. The first-order chi connectivity index (χ1) is 17.5. The lowest BCUT2D eigenvalue weighted by atomic mass is 9.98. The van der Waals surface area contributed by atoms with Crippen LogP contribution in [-0.2, 0) is 5.75 Å². The van der Waals surface area contributed by atoms with Gasteiger partial charge in [0.15, 0.2) is 9.77 Å². The second kappa shape index (κ2) is 8.92. The molecule has 1 atom stereocenters. The molecule has 0 saturated heterocycles. The number of anilines is 1. The Morgan fingerprint density at radius 1 is 1.03 bits per heavy atom. The zero-order chi connectivity index (χ0) is 24.8. The van der Waals surface area contributed by atoms with E-state index in [1.54, 1.807) is 48.5 Å². The van der Waals surface area contributed by atoms with E-state index in [1.165, 1.54) is 33.6 Å². The summed E-state index contributed by atoms with van der Waals surface area (Å²) in [5.74, 6) is 0.262. The number of aromatic nitrogens is 2. The quantitative estimate of drug-likeness (QED) is 0.238. The third-order valence-corrected chi connectivity index (χ3v) is 8.18. The van der Waals surface area contributed by atoms with E-state index < -0.39 is 11.9 Å². The maximum Gasteiger partial charge on any atom is 0.297 e. The van der Waals surface area contributed by atoms with Crippen molar-refractivity contribution in [3.63, 3.8) is 0 Å². The molecule has 1 unspecified atom stereocenters. The highest BCUT2D eigenvalue weighted by molar-refractivity contribution is 8.00. The number of para-hydroxylation sites is 1. The Morgan fingerprint density at radius 2 is 1.83 bits per heavy atom. The first-order valence-electron chi connectivity index (χ1n) is 11.2. The number of benzene rings is 3. The van der Waals surface area contributed by atoms with Gasteiger partial charge in [0.1, 0.15) is 11.3 Å². The number of hydrogen-bond acceptors (Lipinski definition) is 8. The van der Waals surface area contributed by atoms with Crippen molar-refractivity contribution in [3.05, 3.63) is 111 Å². The van der Waals surface area contributed by atoms with Crippen molar-refractivity contribution in [1.82, 2.24) is 10.2 Å². The highest BCUT2D eigenvalue weighted by atomic mass is 32.2. The molecule has 0 bridgehead atoms. The molecule has 9 heteroatoms. The normalized spacial score (nSPS) is 15.0. The van der Waals surface area contributed by atoms with Crippen molar-refractivity contribution >= 4 is 45.1 Å². The Morgan fingerprint density at radius 3 is 2.64 bits per heavy atom. The predicted molar refractivity (Wildman–Crippen MR) is 140 cm³/mol. The molecule has 1 amide bonds. The number of fused-ring (bicyclic) bond motifs is 2. The Bertz CT molecular complexity index is 1680. The van der Waals surface area contributed by atoms with Crippen LogP contribution in [0, 0.1) is 6.92 Å². The van der Waals surface area contributed by atoms with Crippen molar-refractivity contribution in [2.45, 2.75) is 23.1 Å².